The molecule has 0 bridgehead atoms. The third kappa shape index (κ3) is 4.36. The van der Waals surface area contributed by atoms with E-state index in [1.165, 1.54) is 28.2 Å². The summed E-state index contributed by atoms with van der Waals surface area (Å²) in [5.74, 6) is -0.148. The molecule has 0 saturated heterocycles. The molecule has 0 spiro atoms. The molecule has 5 nitrogen and oxygen atoms in total. The van der Waals surface area contributed by atoms with E-state index in [2.05, 4.69) is 10.4 Å². The fourth-order valence-electron chi connectivity index (χ4n) is 2.63. The van der Waals surface area contributed by atoms with Crippen LogP contribution in [0.15, 0.2) is 36.4 Å². The van der Waals surface area contributed by atoms with E-state index in [0.717, 1.165) is 17.0 Å². The van der Waals surface area contributed by atoms with E-state index in [1.807, 2.05) is 13.0 Å². The highest BCUT2D eigenvalue weighted by molar-refractivity contribution is 7.14. The summed E-state index contributed by atoms with van der Waals surface area (Å²) >= 11 is 1.39. The minimum atomic E-state index is -4.44. The molecule has 0 fully saturated rings. The lowest BCUT2D eigenvalue weighted by Crippen LogP contribution is -2.13. The number of carbonyl (C=O) groups excluding carboxylic acids is 1. The average Bonchev–Trinajstić information content (AvgIpc) is 3.18. The number of hydrogen-bond donors (Lipinski definition) is 1. The molecule has 1 N–H and O–H groups in total. The van der Waals surface area contributed by atoms with Gasteiger partial charge >= 0.3 is 6.18 Å². The van der Waals surface area contributed by atoms with Crippen molar-refractivity contribution in [3.8, 4) is 5.75 Å². The number of carbonyl (C=O) groups is 1. The molecule has 0 radical (unpaired) electrons. The molecule has 2 heterocycles. The number of aryl methyl sites for hydroxylation is 2. The van der Waals surface area contributed by atoms with Crippen LogP contribution in [0.1, 0.15) is 31.5 Å². The van der Waals surface area contributed by atoms with Crippen molar-refractivity contribution in [1.82, 2.24) is 9.78 Å². The lowest BCUT2D eigenvalue weighted by atomic mass is 10.2. The maximum absolute atomic E-state index is 12.8. The van der Waals surface area contributed by atoms with Gasteiger partial charge in [-0.25, -0.2) is 4.68 Å². The normalized spacial score (nSPS) is 11.5. The number of ether oxygens (including phenoxy) is 1. The van der Waals surface area contributed by atoms with Gasteiger partial charge in [0.2, 0.25) is 0 Å². The molecule has 3 rings (SSSR count). The SMILES string of the molecule is Cc1ccc(C(=O)Nc2c(C)nn(COc3cccc(C(F)(F)F)c3)c2C)s1. The third-order valence-corrected chi connectivity index (χ3v) is 5.10. The Labute approximate surface area is 163 Å². The molecular weight excluding hydrogens is 391 g/mol. The van der Waals surface area contributed by atoms with E-state index in [1.54, 1.807) is 19.9 Å². The van der Waals surface area contributed by atoms with Gasteiger partial charge in [0.05, 0.1) is 27.5 Å². The zero-order valence-corrected chi connectivity index (χ0v) is 16.2. The number of nitrogens with one attached hydrogen (secondary N) is 1. The molecule has 0 aliphatic carbocycles. The van der Waals surface area contributed by atoms with Crippen molar-refractivity contribution in [1.29, 1.82) is 0 Å². The van der Waals surface area contributed by atoms with Crippen LogP contribution in [0.3, 0.4) is 0 Å². The Morgan fingerprint density at radius 2 is 1.96 bits per heavy atom. The van der Waals surface area contributed by atoms with E-state index in [-0.39, 0.29) is 18.4 Å². The maximum atomic E-state index is 12.8. The molecule has 2 aromatic heterocycles. The smallest absolute Gasteiger partial charge is 0.416 e. The van der Waals surface area contributed by atoms with Crippen molar-refractivity contribution in [2.45, 2.75) is 33.7 Å². The van der Waals surface area contributed by atoms with Crippen molar-refractivity contribution in [3.63, 3.8) is 0 Å². The van der Waals surface area contributed by atoms with Crippen LogP contribution in [0.25, 0.3) is 0 Å². The number of alkyl halides is 3. The number of nitrogens with zero attached hydrogens (tertiary/aromatic N) is 2. The molecular formula is C19H18F3N3O2S. The number of aromatic nitrogens is 2. The Morgan fingerprint density at radius 1 is 1.21 bits per heavy atom. The van der Waals surface area contributed by atoms with E-state index in [4.69, 9.17) is 4.74 Å². The molecule has 1 amide bonds. The topological polar surface area (TPSA) is 56.2 Å². The first-order chi connectivity index (χ1) is 13.1. The first-order valence-corrected chi connectivity index (χ1v) is 9.18. The lowest BCUT2D eigenvalue weighted by molar-refractivity contribution is -0.137. The van der Waals surface area contributed by atoms with Crippen LogP contribution in [0.4, 0.5) is 18.9 Å². The number of amides is 1. The van der Waals surface area contributed by atoms with Crippen LogP contribution in [0.5, 0.6) is 5.75 Å². The number of anilines is 1. The Balaban J connectivity index is 1.73. The molecule has 0 saturated carbocycles. The monoisotopic (exact) mass is 409 g/mol. The van der Waals surface area contributed by atoms with Crippen LogP contribution >= 0.6 is 11.3 Å². The fourth-order valence-corrected chi connectivity index (χ4v) is 3.40. The standard InChI is InChI=1S/C19H18F3N3O2S/c1-11-7-8-16(28-11)18(26)23-17-12(2)24-25(13(17)3)10-27-15-6-4-5-14(9-15)19(20,21)22/h4-9H,10H2,1-3H3,(H,23,26). The van der Waals surface area contributed by atoms with Gasteiger partial charge in [-0.2, -0.15) is 18.3 Å². The van der Waals surface area contributed by atoms with Crippen LogP contribution in [-0.2, 0) is 12.9 Å². The highest BCUT2D eigenvalue weighted by Crippen LogP contribution is 2.31. The van der Waals surface area contributed by atoms with Gasteiger partial charge < -0.3 is 10.1 Å². The molecule has 0 aliphatic heterocycles. The summed E-state index contributed by atoms with van der Waals surface area (Å²) in [6.45, 7) is 5.33. The molecule has 0 aliphatic rings. The van der Waals surface area contributed by atoms with Gasteiger partial charge in [-0.15, -0.1) is 11.3 Å². The molecule has 3 aromatic rings. The summed E-state index contributed by atoms with van der Waals surface area (Å²) in [5, 5.41) is 7.15. The number of hydrogen-bond acceptors (Lipinski definition) is 4. The van der Waals surface area contributed by atoms with Crippen molar-refractivity contribution in [2.24, 2.45) is 0 Å². The van der Waals surface area contributed by atoms with E-state index < -0.39 is 11.7 Å². The first kappa shape index (κ1) is 19.9. The van der Waals surface area contributed by atoms with Crippen LogP contribution < -0.4 is 10.1 Å². The van der Waals surface area contributed by atoms with Gasteiger partial charge in [-0.1, -0.05) is 6.07 Å². The summed E-state index contributed by atoms with van der Waals surface area (Å²) in [7, 11) is 0. The Hall–Kier alpha value is -2.81. The van der Waals surface area contributed by atoms with E-state index >= 15 is 0 Å². The van der Waals surface area contributed by atoms with Crippen molar-refractivity contribution in [3.05, 3.63) is 63.1 Å². The maximum Gasteiger partial charge on any atom is 0.416 e. The highest BCUT2D eigenvalue weighted by Gasteiger charge is 2.30. The molecule has 28 heavy (non-hydrogen) atoms. The minimum absolute atomic E-state index is 0.0814. The highest BCUT2D eigenvalue weighted by atomic mass is 32.1. The number of halogens is 3. The van der Waals surface area contributed by atoms with Crippen LogP contribution in [0, 0.1) is 20.8 Å². The molecule has 148 valence electrons. The fraction of sp³-hybridized carbons (Fsp3) is 0.263. The first-order valence-electron chi connectivity index (χ1n) is 8.37. The zero-order chi connectivity index (χ0) is 20.5. The predicted molar refractivity (Wildman–Crippen MR) is 101 cm³/mol. The Kier molecular flexibility index (Phi) is 5.46. The molecule has 9 heteroatoms. The van der Waals surface area contributed by atoms with Crippen LogP contribution in [-0.4, -0.2) is 15.7 Å². The number of rotatable bonds is 5. The van der Waals surface area contributed by atoms with Gasteiger partial charge in [-0.3, -0.25) is 4.79 Å². The second-order valence-corrected chi connectivity index (χ2v) is 7.50. The lowest BCUT2D eigenvalue weighted by Gasteiger charge is -2.11. The second kappa shape index (κ2) is 7.67. The molecule has 0 atom stereocenters. The predicted octanol–water partition coefficient (Wildman–Crippen LogP) is 5.18. The summed E-state index contributed by atoms with van der Waals surface area (Å²) in [6, 6.07) is 8.27. The Bertz CT molecular complexity index is 1010. The van der Waals surface area contributed by atoms with Gasteiger partial charge in [0, 0.05) is 4.88 Å². The van der Waals surface area contributed by atoms with Crippen molar-refractivity contribution < 1.29 is 22.7 Å². The molecule has 0 unspecified atom stereocenters. The summed E-state index contributed by atoms with van der Waals surface area (Å²) in [6.07, 6.45) is -4.44. The van der Waals surface area contributed by atoms with Gasteiger partial charge in [0.25, 0.3) is 5.91 Å². The van der Waals surface area contributed by atoms with Gasteiger partial charge in [-0.05, 0) is 51.1 Å². The minimum Gasteiger partial charge on any atom is -0.471 e. The largest absolute Gasteiger partial charge is 0.471 e. The molecule has 1 aromatic carbocycles. The number of benzene rings is 1. The van der Waals surface area contributed by atoms with E-state index in [0.29, 0.717) is 22.0 Å². The average molecular weight is 409 g/mol. The Morgan fingerprint density at radius 3 is 2.61 bits per heavy atom. The van der Waals surface area contributed by atoms with E-state index in [9.17, 15) is 18.0 Å². The van der Waals surface area contributed by atoms with Gasteiger partial charge in [0.1, 0.15) is 5.75 Å². The van der Waals surface area contributed by atoms with Crippen molar-refractivity contribution in [2.75, 3.05) is 5.32 Å². The summed E-state index contributed by atoms with van der Waals surface area (Å²) < 4.78 is 45.4. The third-order valence-electron chi connectivity index (χ3n) is 4.10. The van der Waals surface area contributed by atoms with Crippen LogP contribution in [0.2, 0.25) is 0 Å². The van der Waals surface area contributed by atoms with Crippen molar-refractivity contribution >= 4 is 22.9 Å². The summed E-state index contributed by atoms with van der Waals surface area (Å²) in [5.41, 5.74) is 1.01. The quantitative estimate of drug-likeness (QED) is 0.632. The number of thiophene rings is 1. The summed E-state index contributed by atoms with van der Waals surface area (Å²) in [4.78, 5) is 14.0. The second-order valence-electron chi connectivity index (χ2n) is 6.21. The van der Waals surface area contributed by atoms with Gasteiger partial charge in [0.15, 0.2) is 6.73 Å². The zero-order valence-electron chi connectivity index (χ0n) is 15.4.